The summed E-state index contributed by atoms with van der Waals surface area (Å²) in [6.45, 7) is 3.34. The monoisotopic (exact) mass is 616 g/mol. The average molecular weight is 617 g/mol. The van der Waals surface area contributed by atoms with E-state index in [2.05, 4.69) is 15.5 Å². The van der Waals surface area contributed by atoms with Gasteiger partial charge in [-0.2, -0.15) is 4.68 Å². The number of para-hydroxylation sites is 1. The number of halogens is 1. The molecule has 214 valence electrons. The Morgan fingerprint density at radius 2 is 1.83 bits per heavy atom. The molecule has 4 rings (SSSR count). The fraction of sp³-hybridized carbons (Fsp3) is 0.231. The number of nitro groups is 1. The molecule has 0 atom stereocenters. The lowest BCUT2D eigenvalue weighted by Crippen LogP contribution is -2.34. The summed E-state index contributed by atoms with van der Waals surface area (Å²) >= 11 is 6.67. The van der Waals surface area contributed by atoms with Gasteiger partial charge in [-0.3, -0.25) is 14.9 Å². The Labute approximate surface area is 245 Å². The van der Waals surface area contributed by atoms with E-state index in [1.165, 1.54) is 52.0 Å². The fourth-order valence-corrected chi connectivity index (χ4v) is 5.79. The number of non-ortho nitro benzene ring substituents is 1. The smallest absolute Gasteiger partial charge is 0.290 e. The van der Waals surface area contributed by atoms with E-state index in [0.717, 1.165) is 11.8 Å². The molecule has 0 aliphatic rings. The van der Waals surface area contributed by atoms with E-state index in [1.54, 1.807) is 26.0 Å². The van der Waals surface area contributed by atoms with Crippen LogP contribution in [0.5, 0.6) is 5.75 Å². The second kappa shape index (κ2) is 13.1. The first kappa shape index (κ1) is 30.0. The molecule has 0 unspecified atom stereocenters. The van der Waals surface area contributed by atoms with Crippen LogP contribution in [0.25, 0.3) is 5.69 Å². The maximum Gasteiger partial charge on any atom is 0.290 e. The number of thioether (sulfide) groups is 1. The number of carbonyl (C=O) groups excluding carboxylic acids is 1. The number of hydrogen-bond acceptors (Lipinski definition) is 10. The van der Waals surface area contributed by atoms with E-state index in [1.807, 2.05) is 18.2 Å². The Balaban J connectivity index is 1.53. The van der Waals surface area contributed by atoms with Crippen molar-refractivity contribution >= 4 is 44.1 Å². The van der Waals surface area contributed by atoms with E-state index in [4.69, 9.17) is 16.3 Å². The molecule has 0 saturated heterocycles. The molecule has 1 heterocycles. The first-order chi connectivity index (χ1) is 19.5. The second-order valence-corrected chi connectivity index (χ2v) is 12.4. The number of benzene rings is 3. The molecule has 0 fully saturated rings. The number of tetrazole rings is 1. The van der Waals surface area contributed by atoms with Crippen LogP contribution in [0.1, 0.15) is 19.4 Å². The van der Waals surface area contributed by atoms with Gasteiger partial charge in [0.2, 0.25) is 5.16 Å². The standard InChI is InChI=1S/C26H25ClN6O6S2/c1-18(2)31(26(34)40-25-28-29-30-32(25)21-6-4-3-5-7-21)17-19-16-22(33(35)36)10-13-24(19)39-14-15-41(37,38)23-11-8-20(27)9-12-23/h3-13,16,18H,14-15,17H2,1-2H3. The minimum absolute atomic E-state index is 0.0443. The number of ether oxygens (including phenoxy) is 1. The molecule has 41 heavy (non-hydrogen) atoms. The Bertz CT molecular complexity index is 1630. The molecule has 15 heteroatoms. The van der Waals surface area contributed by atoms with Crippen molar-refractivity contribution in [2.75, 3.05) is 12.4 Å². The lowest BCUT2D eigenvalue weighted by molar-refractivity contribution is -0.385. The molecular weight excluding hydrogens is 592 g/mol. The van der Waals surface area contributed by atoms with E-state index in [9.17, 15) is 23.3 Å². The van der Waals surface area contributed by atoms with Gasteiger partial charge >= 0.3 is 0 Å². The van der Waals surface area contributed by atoms with Crippen molar-refractivity contribution in [2.45, 2.75) is 36.5 Å². The zero-order chi connectivity index (χ0) is 29.6. The Kier molecular flexibility index (Phi) is 9.57. The van der Waals surface area contributed by atoms with E-state index < -0.39 is 20.0 Å². The Hall–Kier alpha value is -4.01. The molecule has 1 aromatic heterocycles. The van der Waals surface area contributed by atoms with Crippen molar-refractivity contribution in [3.8, 4) is 11.4 Å². The number of amides is 1. The van der Waals surface area contributed by atoms with Crippen molar-refractivity contribution in [2.24, 2.45) is 0 Å². The summed E-state index contributed by atoms with van der Waals surface area (Å²) in [5.74, 6) is -0.116. The third kappa shape index (κ3) is 7.60. The summed E-state index contributed by atoms with van der Waals surface area (Å²) in [4.78, 5) is 25.9. The lowest BCUT2D eigenvalue weighted by Gasteiger charge is -2.27. The highest BCUT2D eigenvalue weighted by atomic mass is 35.5. The highest BCUT2D eigenvalue weighted by Crippen LogP contribution is 2.29. The molecular formula is C26H25ClN6O6S2. The lowest BCUT2D eigenvalue weighted by atomic mass is 10.1. The Morgan fingerprint density at radius 3 is 2.49 bits per heavy atom. The second-order valence-electron chi connectivity index (χ2n) is 8.97. The highest BCUT2D eigenvalue weighted by molar-refractivity contribution is 8.13. The van der Waals surface area contributed by atoms with Gasteiger partial charge < -0.3 is 9.64 Å². The first-order valence-corrected chi connectivity index (χ1v) is 15.1. The minimum Gasteiger partial charge on any atom is -0.492 e. The quantitative estimate of drug-likeness (QED) is 0.125. The molecule has 0 radical (unpaired) electrons. The average Bonchev–Trinajstić information content (AvgIpc) is 3.40. The third-order valence-electron chi connectivity index (χ3n) is 5.86. The summed E-state index contributed by atoms with van der Waals surface area (Å²) in [7, 11) is -3.67. The molecule has 1 amide bonds. The molecule has 0 spiro atoms. The van der Waals surface area contributed by atoms with Crippen LogP contribution in [0.2, 0.25) is 5.02 Å². The summed E-state index contributed by atoms with van der Waals surface area (Å²) in [5.41, 5.74) is 0.818. The number of carbonyl (C=O) groups is 1. The van der Waals surface area contributed by atoms with Crippen molar-refractivity contribution in [3.63, 3.8) is 0 Å². The van der Waals surface area contributed by atoms with E-state index in [0.29, 0.717) is 16.3 Å². The van der Waals surface area contributed by atoms with Gasteiger partial charge in [-0.1, -0.05) is 29.8 Å². The van der Waals surface area contributed by atoms with Crippen molar-refractivity contribution in [3.05, 3.63) is 93.5 Å². The van der Waals surface area contributed by atoms with E-state index >= 15 is 0 Å². The van der Waals surface area contributed by atoms with Crippen molar-refractivity contribution < 1.29 is 22.9 Å². The molecule has 3 aromatic carbocycles. The molecule has 4 aromatic rings. The number of hydrogen-bond donors (Lipinski definition) is 0. The number of nitro benzene ring substituents is 1. The number of nitrogens with zero attached hydrogens (tertiary/aromatic N) is 6. The number of aromatic nitrogens is 4. The van der Waals surface area contributed by atoms with Gasteiger partial charge in [0.25, 0.3) is 10.9 Å². The maximum atomic E-state index is 13.4. The topological polar surface area (TPSA) is 150 Å². The third-order valence-corrected chi connectivity index (χ3v) is 8.65. The van der Waals surface area contributed by atoms with Crippen LogP contribution in [-0.4, -0.2) is 62.1 Å². The van der Waals surface area contributed by atoms with Crippen molar-refractivity contribution in [1.82, 2.24) is 25.1 Å². The van der Waals surface area contributed by atoms with Gasteiger partial charge in [0.1, 0.15) is 12.4 Å². The SMILES string of the molecule is CC(C)N(Cc1cc([N+](=O)[O-])ccc1OCCS(=O)(=O)c1ccc(Cl)cc1)C(=O)Sc1nnnn1-c1ccccc1. The molecule has 12 nitrogen and oxygen atoms in total. The minimum atomic E-state index is -3.67. The molecule has 0 aliphatic carbocycles. The number of sulfone groups is 1. The molecule has 0 bridgehead atoms. The van der Waals surface area contributed by atoms with Crippen LogP contribution in [0, 0.1) is 10.1 Å². The van der Waals surface area contributed by atoms with Crippen LogP contribution in [0.3, 0.4) is 0 Å². The van der Waals surface area contributed by atoms with Gasteiger partial charge in [-0.15, -0.1) is 5.10 Å². The summed E-state index contributed by atoms with van der Waals surface area (Å²) in [5, 5.41) is 23.4. The first-order valence-electron chi connectivity index (χ1n) is 12.3. The normalized spacial score (nSPS) is 11.4. The predicted octanol–water partition coefficient (Wildman–Crippen LogP) is 5.20. The van der Waals surface area contributed by atoms with Crippen LogP contribution in [0.4, 0.5) is 10.5 Å². The summed E-state index contributed by atoms with van der Waals surface area (Å²) < 4.78 is 32.6. The predicted molar refractivity (Wildman–Crippen MR) is 153 cm³/mol. The molecule has 0 aliphatic heterocycles. The van der Waals surface area contributed by atoms with Gasteiger partial charge in [0.05, 0.1) is 27.8 Å². The number of rotatable bonds is 11. The molecule has 0 saturated carbocycles. The van der Waals surface area contributed by atoms with Gasteiger partial charge in [0.15, 0.2) is 9.84 Å². The maximum absolute atomic E-state index is 13.4. The Morgan fingerprint density at radius 1 is 1.12 bits per heavy atom. The fourth-order valence-electron chi connectivity index (χ4n) is 3.72. The van der Waals surface area contributed by atoms with Crippen LogP contribution >= 0.6 is 23.4 Å². The van der Waals surface area contributed by atoms with Crippen LogP contribution < -0.4 is 4.74 Å². The molecule has 0 N–H and O–H groups in total. The van der Waals surface area contributed by atoms with Gasteiger partial charge in [-0.05, 0) is 66.7 Å². The van der Waals surface area contributed by atoms with Crippen LogP contribution in [-0.2, 0) is 16.4 Å². The van der Waals surface area contributed by atoms with Gasteiger partial charge in [-0.25, -0.2) is 8.42 Å². The zero-order valence-electron chi connectivity index (χ0n) is 22.0. The summed E-state index contributed by atoms with van der Waals surface area (Å²) in [6.07, 6.45) is 0. The van der Waals surface area contributed by atoms with Crippen molar-refractivity contribution in [1.29, 1.82) is 0 Å². The zero-order valence-corrected chi connectivity index (χ0v) is 24.3. The largest absolute Gasteiger partial charge is 0.492 e. The van der Waals surface area contributed by atoms with E-state index in [-0.39, 0.29) is 46.4 Å². The highest BCUT2D eigenvalue weighted by Gasteiger charge is 2.25. The van der Waals surface area contributed by atoms with Gasteiger partial charge in [0, 0.05) is 40.5 Å². The summed E-state index contributed by atoms with van der Waals surface area (Å²) in [6, 6.07) is 18.5. The van der Waals surface area contributed by atoms with Crippen LogP contribution in [0.15, 0.2) is 82.8 Å².